The van der Waals surface area contributed by atoms with Gasteiger partial charge in [0.15, 0.2) is 30.9 Å². The summed E-state index contributed by atoms with van der Waals surface area (Å²) in [5.74, 6) is -3.39. The average Bonchev–Trinajstić information content (AvgIpc) is 1.51. The third-order valence-corrected chi connectivity index (χ3v) is 16.4. The molecule has 2 aliphatic rings. The molecule has 0 aromatic heterocycles. The number of hydrogen-bond acceptors (Lipinski definition) is 16. The van der Waals surface area contributed by atoms with E-state index >= 15 is 4.57 Å². The van der Waals surface area contributed by atoms with Gasteiger partial charge >= 0.3 is 31.5 Å². The second-order valence-electron chi connectivity index (χ2n) is 20.2. The molecule has 0 bridgehead atoms. The van der Waals surface area contributed by atoms with Gasteiger partial charge in [-0.3, -0.25) is 9.09 Å². The first-order valence-corrected chi connectivity index (χ1v) is 28.9. The van der Waals surface area contributed by atoms with Gasteiger partial charge in [-0.05, 0) is 93.4 Å². The van der Waals surface area contributed by atoms with Crippen molar-refractivity contribution < 1.29 is 75.6 Å². The predicted octanol–water partition coefficient (Wildman–Crippen LogP) is 9.99. The summed E-state index contributed by atoms with van der Waals surface area (Å²) in [6.07, 6.45) is -14.3. The maximum absolute atomic E-state index is 15.0. The van der Waals surface area contributed by atoms with Crippen molar-refractivity contribution >= 4 is 31.5 Å². The Morgan fingerprint density at radius 3 is 1.12 bits per heavy atom. The zero-order chi connectivity index (χ0) is 58.8. The van der Waals surface area contributed by atoms with E-state index in [1.165, 1.54) is 45.7 Å². The molecule has 2 heterocycles. The molecular weight excluding hydrogens is 1100 g/mol. The van der Waals surface area contributed by atoms with Crippen LogP contribution >= 0.6 is 7.67 Å². The Morgan fingerprint density at radius 2 is 0.702 bits per heavy atom. The molecule has 2 fully saturated rings. The summed E-state index contributed by atoms with van der Waals surface area (Å²) in [5.41, 5.74) is 2.99. The normalized spacial score (nSPS) is 22.4. The van der Waals surface area contributed by atoms with Crippen molar-refractivity contribution in [3.8, 4) is 0 Å². The van der Waals surface area contributed by atoms with Crippen molar-refractivity contribution in [2.75, 3.05) is 41.4 Å². The van der Waals surface area contributed by atoms with Gasteiger partial charge in [0.1, 0.15) is 37.1 Å². The number of ether oxygens (including phenoxy) is 10. The van der Waals surface area contributed by atoms with E-state index in [0.717, 1.165) is 16.7 Å². The number of carbonyl (C=O) groups excluding carboxylic acids is 4. The van der Waals surface area contributed by atoms with Gasteiger partial charge in [0.2, 0.25) is 0 Å². The zero-order valence-electron chi connectivity index (χ0n) is 46.9. The smallest absolute Gasteiger partial charge is 0.347 e. The van der Waals surface area contributed by atoms with Crippen LogP contribution in [0.2, 0.25) is 0 Å². The number of esters is 4. The van der Waals surface area contributed by atoms with Crippen molar-refractivity contribution in [3.63, 3.8) is 0 Å². The maximum atomic E-state index is 15.0. The van der Waals surface area contributed by atoms with Gasteiger partial charge in [0.05, 0.1) is 48.7 Å². The molecule has 19 heteroatoms. The van der Waals surface area contributed by atoms with Crippen molar-refractivity contribution in [1.29, 1.82) is 0 Å². The molecule has 0 spiro atoms. The first-order chi connectivity index (χ1) is 40.8. The molecule has 0 N–H and O–H groups in total. The van der Waals surface area contributed by atoms with Crippen LogP contribution in [0.15, 0.2) is 212 Å². The second-order valence-corrected chi connectivity index (χ2v) is 23.0. The standard InChI is InChI=1S/C65H67N2O16P/c1-66(2)84(72,67(3)4)83-65-58(75-42-47-30-16-7-17-31-47)56(74-41-46-28-14-6-15-29-46)54(73-40-45-26-12-5-13-27-45)52(79-65)44-77-64-59(82-63(71)51-38-24-11-25-39-51)57(81-62(70)50-36-22-10-23-37-50)55(80-61(69)49-34-20-9-21-35-49)53(78-64)43-76-60(68)48-32-18-8-19-33-48/h5-39,52-59,64-65H,40-44H2,1-4H3/t52-,53-,54-,55-,56+,57+,58-,59-,64-,65-/m1/s1. The molecule has 0 saturated carbocycles. The third-order valence-electron chi connectivity index (χ3n) is 13.9. The summed E-state index contributed by atoms with van der Waals surface area (Å²) in [7, 11) is 2.58. The van der Waals surface area contributed by atoms with Crippen LogP contribution in [-0.4, -0.2) is 136 Å². The summed E-state index contributed by atoms with van der Waals surface area (Å²) in [6, 6.07) is 60.8. The molecule has 18 nitrogen and oxygen atoms in total. The molecule has 0 amide bonds. The minimum atomic E-state index is -3.90. The largest absolute Gasteiger partial charge is 0.459 e. The van der Waals surface area contributed by atoms with Crippen LogP contribution in [0.3, 0.4) is 0 Å². The quantitative estimate of drug-likeness (QED) is 0.0298. The van der Waals surface area contributed by atoms with Crippen LogP contribution in [0.25, 0.3) is 0 Å². The highest BCUT2D eigenvalue weighted by molar-refractivity contribution is 7.53. The highest BCUT2D eigenvalue weighted by atomic mass is 31.2. The lowest BCUT2D eigenvalue weighted by atomic mass is 9.96. The SMILES string of the molecule is CN(C)P(=O)(O[C@H]1O[C@H](CO[C@@H]2O[C@H](COC(=O)c3ccccc3)[C@@H](OC(=O)c3ccccc3)[C@H](OC(=O)c3ccccc3)[C@H]2OC(=O)c2ccccc2)[C@@H](OCc2ccccc2)[C@H](OCc2ccccc2)[C@H]1OCc1ccccc1)N(C)C. The summed E-state index contributed by atoms with van der Waals surface area (Å²) in [4.78, 5) is 57.0. The number of hydrogen-bond donors (Lipinski definition) is 0. The van der Waals surface area contributed by atoms with Crippen molar-refractivity contribution in [2.24, 2.45) is 0 Å². The van der Waals surface area contributed by atoms with Crippen LogP contribution in [0.5, 0.6) is 0 Å². The topological polar surface area (TPSA) is 193 Å². The van der Waals surface area contributed by atoms with Crippen LogP contribution in [0, 0.1) is 0 Å². The van der Waals surface area contributed by atoms with E-state index in [0.29, 0.717) is 0 Å². The summed E-state index contributed by atoms with van der Waals surface area (Å²) < 4.78 is 90.8. The lowest BCUT2D eigenvalue weighted by Gasteiger charge is -2.48. The number of nitrogens with zero attached hydrogens (tertiary/aromatic N) is 2. The first kappa shape index (κ1) is 60.9. The van der Waals surface area contributed by atoms with Gasteiger partial charge in [-0.25, -0.2) is 28.5 Å². The maximum Gasteiger partial charge on any atom is 0.347 e. The first-order valence-electron chi connectivity index (χ1n) is 27.4. The van der Waals surface area contributed by atoms with E-state index in [1.807, 2.05) is 91.0 Å². The lowest BCUT2D eigenvalue weighted by molar-refractivity contribution is -0.333. The fourth-order valence-electron chi connectivity index (χ4n) is 9.50. The van der Waals surface area contributed by atoms with Gasteiger partial charge < -0.3 is 47.4 Å². The van der Waals surface area contributed by atoms with Crippen LogP contribution in [-0.2, 0) is 76.3 Å². The highest BCUT2D eigenvalue weighted by Crippen LogP contribution is 2.53. The Bertz CT molecular complexity index is 3210. The molecule has 10 atom stereocenters. The van der Waals surface area contributed by atoms with E-state index in [9.17, 15) is 19.2 Å². The number of rotatable bonds is 25. The predicted molar refractivity (Wildman–Crippen MR) is 308 cm³/mol. The van der Waals surface area contributed by atoms with Crippen LogP contribution in [0.4, 0.5) is 0 Å². The Labute approximate surface area is 488 Å². The molecule has 0 aliphatic carbocycles. The van der Waals surface area contributed by atoms with E-state index < -0.39 is 106 Å². The molecule has 84 heavy (non-hydrogen) atoms. The monoisotopic (exact) mass is 1160 g/mol. The highest BCUT2D eigenvalue weighted by Gasteiger charge is 2.56. The molecule has 438 valence electrons. The van der Waals surface area contributed by atoms with Gasteiger partial charge in [-0.1, -0.05) is 164 Å². The van der Waals surface area contributed by atoms with Crippen molar-refractivity contribution in [3.05, 3.63) is 251 Å². The fourth-order valence-corrected chi connectivity index (χ4v) is 11.0. The van der Waals surface area contributed by atoms with Gasteiger partial charge in [0.25, 0.3) is 0 Å². The average molecular weight is 1160 g/mol. The van der Waals surface area contributed by atoms with Gasteiger partial charge in [0, 0.05) is 0 Å². The zero-order valence-corrected chi connectivity index (χ0v) is 47.8. The molecule has 7 aromatic rings. The fraction of sp³-hybridized carbons (Fsp3) is 0.292. The lowest BCUT2D eigenvalue weighted by Crippen LogP contribution is -2.64. The van der Waals surface area contributed by atoms with Crippen molar-refractivity contribution in [2.45, 2.75) is 81.2 Å². The number of carbonyl (C=O) groups is 4. The molecule has 2 aliphatic heterocycles. The van der Waals surface area contributed by atoms with Crippen LogP contribution in [0.1, 0.15) is 58.1 Å². The second kappa shape index (κ2) is 29.7. The minimum absolute atomic E-state index is 0.0411. The summed E-state index contributed by atoms with van der Waals surface area (Å²) in [6.45, 7) is -0.929. The minimum Gasteiger partial charge on any atom is -0.459 e. The Kier molecular flexibility index (Phi) is 21.5. The summed E-state index contributed by atoms with van der Waals surface area (Å²) in [5, 5.41) is 0. The van der Waals surface area contributed by atoms with E-state index in [-0.39, 0.29) is 42.1 Å². The third kappa shape index (κ3) is 15.9. The van der Waals surface area contributed by atoms with Gasteiger partial charge in [-0.15, -0.1) is 0 Å². The molecule has 0 unspecified atom stereocenters. The van der Waals surface area contributed by atoms with E-state index in [2.05, 4.69) is 0 Å². The Morgan fingerprint density at radius 1 is 0.369 bits per heavy atom. The van der Waals surface area contributed by atoms with E-state index in [4.69, 9.17) is 51.9 Å². The van der Waals surface area contributed by atoms with E-state index in [1.54, 1.807) is 113 Å². The Hall–Kier alpha value is -7.71. The molecule has 2 saturated heterocycles. The molecule has 7 aromatic carbocycles. The van der Waals surface area contributed by atoms with Gasteiger partial charge in [-0.2, -0.15) is 0 Å². The number of benzene rings is 7. The van der Waals surface area contributed by atoms with Crippen LogP contribution < -0.4 is 0 Å². The Balaban J connectivity index is 1.15. The van der Waals surface area contributed by atoms with Crippen molar-refractivity contribution in [1.82, 2.24) is 9.34 Å². The summed E-state index contributed by atoms with van der Waals surface area (Å²) >= 11 is 0. The molecule has 0 radical (unpaired) electrons. The molecular formula is C65H67N2O16P. The molecule has 9 rings (SSSR count).